The number of hydrogen-bond acceptors (Lipinski definition) is 3. The normalized spacial score (nSPS) is 10.3. The van der Waals surface area contributed by atoms with Crippen molar-refractivity contribution in [3.05, 3.63) is 29.8 Å². The van der Waals surface area contributed by atoms with E-state index in [0.717, 1.165) is 18.7 Å². The highest BCUT2D eigenvalue weighted by Crippen LogP contribution is 2.11. The van der Waals surface area contributed by atoms with Gasteiger partial charge in [0.15, 0.2) is 0 Å². The second-order valence-corrected chi connectivity index (χ2v) is 4.58. The van der Waals surface area contributed by atoms with E-state index in [9.17, 15) is 4.79 Å². The first-order chi connectivity index (χ1) is 9.11. The second kappa shape index (κ2) is 8.37. The second-order valence-electron chi connectivity index (χ2n) is 4.58. The fourth-order valence-corrected chi connectivity index (χ4v) is 1.57. The number of amides is 2. The Morgan fingerprint density at radius 3 is 2.37 bits per heavy atom. The smallest absolute Gasteiger partial charge is 0.314 e. The van der Waals surface area contributed by atoms with Gasteiger partial charge in [-0.3, -0.25) is 0 Å². The minimum atomic E-state index is -0.115. The predicted octanol–water partition coefficient (Wildman–Crippen LogP) is 1.10. The Morgan fingerprint density at radius 2 is 1.79 bits per heavy atom. The van der Waals surface area contributed by atoms with Crippen molar-refractivity contribution in [3.8, 4) is 5.75 Å². The zero-order valence-corrected chi connectivity index (χ0v) is 11.9. The molecular formula is C14H23N3O2. The SMILES string of the molecule is COc1ccc(CCNC(=O)NCCN(C)C)cc1. The minimum Gasteiger partial charge on any atom is -0.497 e. The molecule has 2 amide bonds. The van der Waals surface area contributed by atoms with E-state index in [1.54, 1.807) is 7.11 Å². The van der Waals surface area contributed by atoms with Gasteiger partial charge < -0.3 is 20.3 Å². The van der Waals surface area contributed by atoms with Gasteiger partial charge in [-0.15, -0.1) is 0 Å². The van der Waals surface area contributed by atoms with Crippen LogP contribution in [0.3, 0.4) is 0 Å². The fourth-order valence-electron chi connectivity index (χ4n) is 1.57. The van der Waals surface area contributed by atoms with Crippen LogP contribution in [0.25, 0.3) is 0 Å². The quantitative estimate of drug-likeness (QED) is 0.776. The third kappa shape index (κ3) is 6.67. The van der Waals surface area contributed by atoms with Crippen LogP contribution in [0.5, 0.6) is 5.75 Å². The number of benzene rings is 1. The fraction of sp³-hybridized carbons (Fsp3) is 0.500. The third-order valence-corrected chi connectivity index (χ3v) is 2.70. The van der Waals surface area contributed by atoms with Gasteiger partial charge in [-0.2, -0.15) is 0 Å². The average Bonchev–Trinajstić information content (AvgIpc) is 2.39. The zero-order valence-electron chi connectivity index (χ0n) is 11.9. The summed E-state index contributed by atoms with van der Waals surface area (Å²) in [6.45, 7) is 2.12. The van der Waals surface area contributed by atoms with Crippen LogP contribution in [0, 0.1) is 0 Å². The van der Waals surface area contributed by atoms with Gasteiger partial charge in [0, 0.05) is 19.6 Å². The molecule has 1 aromatic rings. The monoisotopic (exact) mass is 265 g/mol. The van der Waals surface area contributed by atoms with E-state index in [2.05, 4.69) is 10.6 Å². The van der Waals surface area contributed by atoms with Crippen LogP contribution in [0.4, 0.5) is 4.79 Å². The first kappa shape index (κ1) is 15.3. The first-order valence-electron chi connectivity index (χ1n) is 6.41. The highest BCUT2D eigenvalue weighted by molar-refractivity contribution is 5.73. The van der Waals surface area contributed by atoms with Gasteiger partial charge in [0.1, 0.15) is 5.75 Å². The van der Waals surface area contributed by atoms with Gasteiger partial charge in [-0.05, 0) is 38.2 Å². The Hall–Kier alpha value is -1.75. The van der Waals surface area contributed by atoms with Crippen molar-refractivity contribution < 1.29 is 9.53 Å². The van der Waals surface area contributed by atoms with E-state index < -0.39 is 0 Å². The van der Waals surface area contributed by atoms with E-state index in [1.807, 2.05) is 43.3 Å². The Bertz CT molecular complexity index is 377. The Balaban J connectivity index is 2.16. The molecule has 1 rings (SSSR count). The van der Waals surface area contributed by atoms with Crippen molar-refractivity contribution in [2.75, 3.05) is 40.8 Å². The van der Waals surface area contributed by atoms with Crippen LogP contribution in [0.1, 0.15) is 5.56 Å². The van der Waals surface area contributed by atoms with E-state index in [-0.39, 0.29) is 6.03 Å². The molecule has 0 aliphatic heterocycles. The van der Waals surface area contributed by atoms with E-state index in [0.29, 0.717) is 13.1 Å². The highest BCUT2D eigenvalue weighted by Gasteiger charge is 2.00. The molecule has 0 bridgehead atoms. The van der Waals surface area contributed by atoms with Crippen molar-refractivity contribution in [1.29, 1.82) is 0 Å². The van der Waals surface area contributed by atoms with E-state index in [1.165, 1.54) is 5.56 Å². The van der Waals surface area contributed by atoms with Gasteiger partial charge in [0.05, 0.1) is 7.11 Å². The molecule has 19 heavy (non-hydrogen) atoms. The van der Waals surface area contributed by atoms with Crippen molar-refractivity contribution >= 4 is 6.03 Å². The van der Waals surface area contributed by atoms with Gasteiger partial charge in [-0.1, -0.05) is 12.1 Å². The summed E-state index contributed by atoms with van der Waals surface area (Å²) in [5, 5.41) is 5.64. The lowest BCUT2D eigenvalue weighted by molar-refractivity contribution is 0.239. The number of hydrogen-bond donors (Lipinski definition) is 2. The molecule has 0 unspecified atom stereocenters. The molecule has 0 aliphatic rings. The Morgan fingerprint density at radius 1 is 1.16 bits per heavy atom. The van der Waals surface area contributed by atoms with Crippen molar-refractivity contribution in [3.63, 3.8) is 0 Å². The summed E-state index contributed by atoms with van der Waals surface area (Å²) >= 11 is 0. The molecule has 0 atom stereocenters. The molecule has 0 fully saturated rings. The molecule has 0 spiro atoms. The summed E-state index contributed by atoms with van der Waals surface area (Å²) in [6, 6.07) is 7.74. The molecule has 0 saturated carbocycles. The van der Waals surface area contributed by atoms with Gasteiger partial charge >= 0.3 is 6.03 Å². The van der Waals surface area contributed by atoms with Crippen molar-refractivity contribution in [2.45, 2.75) is 6.42 Å². The number of carbonyl (C=O) groups is 1. The number of urea groups is 1. The van der Waals surface area contributed by atoms with Crippen LogP contribution >= 0.6 is 0 Å². The predicted molar refractivity (Wildman–Crippen MR) is 76.7 cm³/mol. The number of likely N-dealkylation sites (N-methyl/N-ethyl adjacent to an activating group) is 1. The van der Waals surface area contributed by atoms with E-state index in [4.69, 9.17) is 4.74 Å². The Labute approximate surface area is 114 Å². The molecule has 0 radical (unpaired) electrons. The third-order valence-electron chi connectivity index (χ3n) is 2.70. The lowest BCUT2D eigenvalue weighted by Gasteiger charge is -2.11. The summed E-state index contributed by atoms with van der Waals surface area (Å²) in [5.41, 5.74) is 1.18. The molecular weight excluding hydrogens is 242 g/mol. The molecule has 0 saturated heterocycles. The lowest BCUT2D eigenvalue weighted by atomic mass is 10.1. The lowest BCUT2D eigenvalue weighted by Crippen LogP contribution is -2.39. The summed E-state index contributed by atoms with van der Waals surface area (Å²) in [4.78, 5) is 13.5. The largest absolute Gasteiger partial charge is 0.497 e. The standard InChI is InChI=1S/C14H23N3O2/c1-17(2)11-10-16-14(18)15-9-8-12-4-6-13(19-3)7-5-12/h4-7H,8-11H2,1-3H3,(H2,15,16,18). The van der Waals surface area contributed by atoms with Crippen molar-refractivity contribution in [2.24, 2.45) is 0 Å². The molecule has 1 aromatic carbocycles. The molecule has 5 nitrogen and oxygen atoms in total. The van der Waals surface area contributed by atoms with Crippen LogP contribution in [0.15, 0.2) is 24.3 Å². The summed E-state index contributed by atoms with van der Waals surface area (Å²) in [5.74, 6) is 0.845. The molecule has 2 N–H and O–H groups in total. The number of rotatable bonds is 7. The van der Waals surface area contributed by atoms with Crippen molar-refractivity contribution in [1.82, 2.24) is 15.5 Å². The van der Waals surface area contributed by atoms with Gasteiger partial charge in [0.2, 0.25) is 0 Å². The van der Waals surface area contributed by atoms with Crippen LogP contribution < -0.4 is 15.4 Å². The molecule has 106 valence electrons. The first-order valence-corrected chi connectivity index (χ1v) is 6.41. The zero-order chi connectivity index (χ0) is 14.1. The van der Waals surface area contributed by atoms with Crippen LogP contribution in [0.2, 0.25) is 0 Å². The van der Waals surface area contributed by atoms with Crippen LogP contribution in [-0.4, -0.2) is 51.8 Å². The minimum absolute atomic E-state index is 0.115. The summed E-state index contributed by atoms with van der Waals surface area (Å²) < 4.78 is 5.09. The number of ether oxygens (including phenoxy) is 1. The summed E-state index contributed by atoms with van der Waals surface area (Å²) in [7, 11) is 5.60. The maximum atomic E-state index is 11.5. The van der Waals surface area contributed by atoms with E-state index >= 15 is 0 Å². The van der Waals surface area contributed by atoms with Gasteiger partial charge in [0.25, 0.3) is 0 Å². The average molecular weight is 265 g/mol. The topological polar surface area (TPSA) is 53.6 Å². The Kier molecular flexibility index (Phi) is 6.74. The molecule has 5 heteroatoms. The molecule has 0 aliphatic carbocycles. The number of nitrogens with one attached hydrogen (secondary N) is 2. The maximum absolute atomic E-state index is 11.5. The van der Waals surface area contributed by atoms with Gasteiger partial charge in [-0.25, -0.2) is 4.79 Å². The number of carbonyl (C=O) groups excluding carboxylic acids is 1. The summed E-state index contributed by atoms with van der Waals surface area (Å²) in [6.07, 6.45) is 0.811. The maximum Gasteiger partial charge on any atom is 0.314 e. The number of methoxy groups -OCH3 is 1. The highest BCUT2D eigenvalue weighted by atomic mass is 16.5. The van der Waals surface area contributed by atoms with Crippen LogP contribution in [-0.2, 0) is 6.42 Å². The molecule has 0 heterocycles. The number of nitrogens with zero attached hydrogens (tertiary/aromatic N) is 1. The molecule has 0 aromatic heterocycles.